The molecule has 1 saturated heterocycles. The maximum absolute atomic E-state index is 12.5. The summed E-state index contributed by atoms with van der Waals surface area (Å²) in [5.41, 5.74) is 0. The highest BCUT2D eigenvalue weighted by Crippen LogP contribution is 2.09. The highest BCUT2D eigenvalue weighted by atomic mass is 32.1. The molecular weight excluding hydrogens is 442 g/mol. The molecule has 0 amide bonds. The number of isothiocyanates is 1. The third-order valence-electron chi connectivity index (χ3n) is 5.70. The van der Waals surface area contributed by atoms with Crippen molar-refractivity contribution in [1.82, 2.24) is 19.6 Å². The van der Waals surface area contributed by atoms with Crippen LogP contribution < -0.4 is 0 Å². The van der Waals surface area contributed by atoms with E-state index in [1.54, 1.807) is 27.7 Å². The summed E-state index contributed by atoms with van der Waals surface area (Å²) in [5, 5.41) is 2.35. The lowest BCUT2D eigenvalue weighted by molar-refractivity contribution is -0.123. The Morgan fingerprint density at radius 3 is 1.39 bits per heavy atom. The van der Waals surface area contributed by atoms with Crippen molar-refractivity contribution in [2.75, 3.05) is 78.5 Å². The molecule has 1 rings (SSSR count). The average Bonchev–Trinajstić information content (AvgIpc) is 2.70. The molecule has 1 aliphatic heterocycles. The number of Topliss-reactive ketones (excluding diaryl/α,β-unsaturated/α-hetero) is 4. The second kappa shape index (κ2) is 16.0. The van der Waals surface area contributed by atoms with E-state index in [9.17, 15) is 19.2 Å². The van der Waals surface area contributed by atoms with Gasteiger partial charge in [-0.3, -0.25) is 38.8 Å². The van der Waals surface area contributed by atoms with Crippen molar-refractivity contribution >= 4 is 40.5 Å². The lowest BCUT2D eigenvalue weighted by Crippen LogP contribution is -2.51. The summed E-state index contributed by atoms with van der Waals surface area (Å²) in [6, 6.07) is -0.312. The molecule has 0 bridgehead atoms. The number of hydrogen-bond donors (Lipinski definition) is 0. The Morgan fingerprint density at radius 1 is 0.727 bits per heavy atom. The van der Waals surface area contributed by atoms with E-state index < -0.39 is 0 Å². The van der Waals surface area contributed by atoms with Crippen molar-refractivity contribution < 1.29 is 19.2 Å². The summed E-state index contributed by atoms with van der Waals surface area (Å²) >= 11 is 4.66. The summed E-state index contributed by atoms with van der Waals surface area (Å²) in [6.07, 6.45) is 0.546. The molecule has 0 spiro atoms. The smallest absolute Gasteiger partial charge is 0.146 e. The highest BCUT2D eigenvalue weighted by Gasteiger charge is 2.25. The fourth-order valence-electron chi connectivity index (χ4n) is 4.16. The van der Waals surface area contributed by atoms with Gasteiger partial charge in [-0.05, 0) is 46.3 Å². The Bertz CT molecular complexity index is 694. The minimum absolute atomic E-state index is 0.0607. The Balaban J connectivity index is 3.10. The summed E-state index contributed by atoms with van der Waals surface area (Å²) < 4.78 is 0. The van der Waals surface area contributed by atoms with E-state index in [-0.39, 0.29) is 29.2 Å². The molecule has 33 heavy (non-hydrogen) atoms. The molecule has 0 saturated carbocycles. The van der Waals surface area contributed by atoms with Gasteiger partial charge in [0.25, 0.3) is 0 Å². The van der Waals surface area contributed by atoms with E-state index in [1.807, 2.05) is 0 Å². The first kappa shape index (κ1) is 29.4. The third kappa shape index (κ3) is 13.0. The third-order valence-corrected chi connectivity index (χ3v) is 5.83. The Kier molecular flexibility index (Phi) is 14.3. The Morgan fingerprint density at radius 2 is 1.09 bits per heavy atom. The van der Waals surface area contributed by atoms with Crippen LogP contribution in [0.5, 0.6) is 0 Å². The average molecular weight is 482 g/mol. The van der Waals surface area contributed by atoms with E-state index in [2.05, 4.69) is 42.0 Å². The van der Waals surface area contributed by atoms with E-state index in [0.717, 1.165) is 0 Å². The minimum Gasteiger partial charge on any atom is -0.299 e. The molecule has 9 nitrogen and oxygen atoms in total. The molecule has 0 aromatic heterocycles. The van der Waals surface area contributed by atoms with Gasteiger partial charge in [0.1, 0.15) is 23.1 Å². The number of rotatable bonds is 11. The fourth-order valence-corrected chi connectivity index (χ4v) is 4.25. The van der Waals surface area contributed by atoms with E-state index >= 15 is 0 Å². The largest absolute Gasteiger partial charge is 0.299 e. The van der Waals surface area contributed by atoms with Crippen molar-refractivity contribution in [3.05, 3.63) is 0 Å². The number of nitrogens with zero attached hydrogens (tertiary/aromatic N) is 5. The monoisotopic (exact) mass is 481 g/mol. The van der Waals surface area contributed by atoms with Gasteiger partial charge in [0, 0.05) is 52.4 Å². The molecule has 0 aromatic carbocycles. The Labute approximate surface area is 203 Å². The molecule has 1 aliphatic rings. The number of thiocarbonyl (C=S) groups is 1. The molecule has 1 atom stereocenters. The van der Waals surface area contributed by atoms with Crippen LogP contribution >= 0.6 is 12.2 Å². The molecule has 0 N–H and O–H groups in total. The lowest BCUT2D eigenvalue weighted by Gasteiger charge is -2.36. The van der Waals surface area contributed by atoms with Crippen molar-refractivity contribution in [1.29, 1.82) is 0 Å². The molecule has 0 radical (unpaired) electrons. The van der Waals surface area contributed by atoms with Gasteiger partial charge in [-0.25, -0.2) is 4.99 Å². The van der Waals surface area contributed by atoms with Gasteiger partial charge >= 0.3 is 0 Å². The SMILES string of the molecule is CC(=O)CN1CCN(CC(C)=O)CCN(C(CCN=C=S)C(C)=O)CCN(CC(C)=O)CC1. The maximum atomic E-state index is 12.5. The van der Waals surface area contributed by atoms with Gasteiger partial charge in [-0.1, -0.05) is 0 Å². The van der Waals surface area contributed by atoms with Crippen LogP contribution in [-0.4, -0.2) is 132 Å². The van der Waals surface area contributed by atoms with Crippen LogP contribution in [0.3, 0.4) is 0 Å². The predicted molar refractivity (Wildman–Crippen MR) is 132 cm³/mol. The lowest BCUT2D eigenvalue weighted by atomic mass is 10.1. The van der Waals surface area contributed by atoms with Crippen LogP contribution in [0.15, 0.2) is 4.99 Å². The summed E-state index contributed by atoms with van der Waals surface area (Å²) in [4.78, 5) is 60.3. The van der Waals surface area contributed by atoms with Gasteiger partial charge in [0.05, 0.1) is 37.4 Å². The van der Waals surface area contributed by atoms with Gasteiger partial charge in [-0.2, -0.15) is 0 Å². The Hall–Kier alpha value is -1.68. The van der Waals surface area contributed by atoms with Crippen molar-refractivity contribution in [3.63, 3.8) is 0 Å². The first-order valence-electron chi connectivity index (χ1n) is 11.6. The van der Waals surface area contributed by atoms with Gasteiger partial charge < -0.3 is 0 Å². The number of aliphatic imine (C=N–C) groups is 1. The number of hydrogen-bond acceptors (Lipinski definition) is 10. The van der Waals surface area contributed by atoms with Gasteiger partial charge in [0.15, 0.2) is 0 Å². The predicted octanol–water partition coefficient (Wildman–Crippen LogP) is 0.426. The second-order valence-corrected chi connectivity index (χ2v) is 9.04. The van der Waals surface area contributed by atoms with Crippen LogP contribution in [0.2, 0.25) is 0 Å². The maximum Gasteiger partial charge on any atom is 0.146 e. The van der Waals surface area contributed by atoms with Gasteiger partial charge in [-0.15, -0.1) is 0 Å². The van der Waals surface area contributed by atoms with Crippen LogP contribution in [0.25, 0.3) is 0 Å². The first-order chi connectivity index (χ1) is 15.6. The summed E-state index contributed by atoms with van der Waals surface area (Å²) in [7, 11) is 0. The van der Waals surface area contributed by atoms with Crippen molar-refractivity contribution in [2.24, 2.45) is 4.99 Å². The van der Waals surface area contributed by atoms with Crippen molar-refractivity contribution in [3.8, 4) is 0 Å². The van der Waals surface area contributed by atoms with E-state index in [1.165, 1.54) is 0 Å². The molecule has 0 aromatic rings. The van der Waals surface area contributed by atoms with E-state index in [4.69, 9.17) is 0 Å². The van der Waals surface area contributed by atoms with Crippen LogP contribution in [-0.2, 0) is 19.2 Å². The fraction of sp³-hybridized carbons (Fsp3) is 0.783. The molecule has 0 aliphatic carbocycles. The zero-order chi connectivity index (χ0) is 24.8. The zero-order valence-corrected chi connectivity index (χ0v) is 21.4. The molecule has 1 heterocycles. The van der Waals surface area contributed by atoms with Gasteiger partial charge in [0.2, 0.25) is 0 Å². The zero-order valence-electron chi connectivity index (χ0n) is 20.5. The molecule has 1 unspecified atom stereocenters. The van der Waals surface area contributed by atoms with E-state index in [0.29, 0.717) is 85.0 Å². The van der Waals surface area contributed by atoms with Crippen LogP contribution in [0, 0.1) is 0 Å². The van der Waals surface area contributed by atoms with Crippen LogP contribution in [0.1, 0.15) is 34.1 Å². The first-order valence-corrected chi connectivity index (χ1v) is 12.0. The number of carbonyl (C=O) groups excluding carboxylic acids is 4. The topological polar surface area (TPSA) is 93.6 Å². The number of carbonyl (C=O) groups is 4. The number of ketones is 4. The quantitative estimate of drug-likeness (QED) is 0.307. The second-order valence-electron chi connectivity index (χ2n) is 8.86. The molecule has 186 valence electrons. The normalized spacial score (nSPS) is 19.0. The highest BCUT2D eigenvalue weighted by molar-refractivity contribution is 7.78. The van der Waals surface area contributed by atoms with Crippen molar-refractivity contribution in [2.45, 2.75) is 40.2 Å². The molecular formula is C23H39N5O4S. The summed E-state index contributed by atoms with van der Waals surface area (Å²) in [5.74, 6) is 0.314. The minimum atomic E-state index is -0.312. The standard InChI is InChI=1S/C23H39N5O4S/c1-19(29)15-25-7-9-26(16-20(2)30)11-13-28(23(22(4)32)5-6-24-18-33)14-12-27(10-8-25)17-21(3)31/h23H,5-17H2,1-4H3. The summed E-state index contributed by atoms with van der Waals surface area (Å²) in [6.45, 7) is 12.8. The van der Waals surface area contributed by atoms with Crippen LogP contribution in [0.4, 0.5) is 0 Å². The molecule has 1 fully saturated rings. The molecule has 10 heteroatoms.